The standard InChI is InChI=1S/C8H15N3O2S2/c1-7-8(14-6-10-7)5-11(2)15(12,13)4-3-9/h6H,3-5,9H2,1-2H3. The van der Waals surface area contributed by atoms with Gasteiger partial charge in [-0.15, -0.1) is 11.3 Å². The summed E-state index contributed by atoms with van der Waals surface area (Å²) in [5, 5.41) is 0. The first-order chi connectivity index (χ1) is 6.97. The SMILES string of the molecule is Cc1ncsc1CN(C)S(=O)(=O)CCN. The fraction of sp³-hybridized carbons (Fsp3) is 0.625. The number of rotatable bonds is 5. The molecule has 1 aromatic heterocycles. The third kappa shape index (κ3) is 3.23. The molecule has 0 aliphatic heterocycles. The summed E-state index contributed by atoms with van der Waals surface area (Å²) in [7, 11) is -1.66. The van der Waals surface area contributed by atoms with Gasteiger partial charge in [0.1, 0.15) is 0 Å². The van der Waals surface area contributed by atoms with E-state index in [9.17, 15) is 8.42 Å². The first-order valence-electron chi connectivity index (χ1n) is 4.50. The number of sulfonamides is 1. The summed E-state index contributed by atoms with van der Waals surface area (Å²) >= 11 is 1.46. The lowest BCUT2D eigenvalue weighted by Crippen LogP contribution is -2.31. The average molecular weight is 249 g/mol. The number of aromatic nitrogens is 1. The Bertz CT molecular complexity index is 413. The van der Waals surface area contributed by atoms with Gasteiger partial charge in [0, 0.05) is 25.0 Å². The van der Waals surface area contributed by atoms with E-state index >= 15 is 0 Å². The van der Waals surface area contributed by atoms with Crippen LogP contribution < -0.4 is 5.73 Å². The van der Waals surface area contributed by atoms with Gasteiger partial charge in [0.25, 0.3) is 0 Å². The topological polar surface area (TPSA) is 76.3 Å². The fourth-order valence-electron chi connectivity index (χ4n) is 1.08. The molecular formula is C8H15N3O2S2. The molecule has 0 unspecified atom stereocenters. The van der Waals surface area contributed by atoms with Gasteiger partial charge in [0.05, 0.1) is 17.0 Å². The summed E-state index contributed by atoms with van der Waals surface area (Å²) in [6.07, 6.45) is 0. The Kier molecular flexibility index (Phi) is 4.21. The van der Waals surface area contributed by atoms with Crippen molar-refractivity contribution in [2.24, 2.45) is 5.73 Å². The number of nitrogens with two attached hydrogens (primary N) is 1. The van der Waals surface area contributed by atoms with Crippen molar-refractivity contribution < 1.29 is 8.42 Å². The Morgan fingerprint density at radius 2 is 2.27 bits per heavy atom. The lowest BCUT2D eigenvalue weighted by molar-refractivity contribution is 0.469. The zero-order chi connectivity index (χ0) is 11.5. The van der Waals surface area contributed by atoms with Crippen LogP contribution in [0, 0.1) is 6.92 Å². The molecule has 0 aliphatic rings. The third-order valence-electron chi connectivity index (χ3n) is 2.06. The van der Waals surface area contributed by atoms with Crippen molar-refractivity contribution in [2.45, 2.75) is 13.5 Å². The fourth-order valence-corrected chi connectivity index (χ4v) is 2.93. The van der Waals surface area contributed by atoms with Gasteiger partial charge < -0.3 is 5.73 Å². The number of aryl methyl sites for hydroxylation is 1. The normalized spacial score (nSPS) is 12.3. The summed E-state index contributed by atoms with van der Waals surface area (Å²) in [4.78, 5) is 5.04. The largest absolute Gasteiger partial charge is 0.329 e. The average Bonchev–Trinajstić information content (AvgIpc) is 2.52. The highest BCUT2D eigenvalue weighted by atomic mass is 32.2. The van der Waals surface area contributed by atoms with Crippen molar-refractivity contribution in [3.8, 4) is 0 Å². The van der Waals surface area contributed by atoms with Crippen LogP contribution >= 0.6 is 11.3 Å². The molecule has 1 heterocycles. The zero-order valence-corrected chi connectivity index (χ0v) is 10.4. The zero-order valence-electron chi connectivity index (χ0n) is 8.80. The van der Waals surface area contributed by atoms with Crippen molar-refractivity contribution in [1.29, 1.82) is 0 Å². The summed E-state index contributed by atoms with van der Waals surface area (Å²) in [5.41, 5.74) is 7.84. The van der Waals surface area contributed by atoms with Crippen LogP contribution in [0.3, 0.4) is 0 Å². The number of hydrogen-bond acceptors (Lipinski definition) is 5. The molecule has 86 valence electrons. The van der Waals surface area contributed by atoms with Crippen molar-refractivity contribution in [3.63, 3.8) is 0 Å². The first kappa shape index (κ1) is 12.6. The van der Waals surface area contributed by atoms with E-state index in [1.165, 1.54) is 15.6 Å². The maximum Gasteiger partial charge on any atom is 0.215 e. The van der Waals surface area contributed by atoms with E-state index < -0.39 is 10.0 Å². The maximum absolute atomic E-state index is 11.6. The van der Waals surface area contributed by atoms with Gasteiger partial charge >= 0.3 is 0 Å². The van der Waals surface area contributed by atoms with E-state index in [0.29, 0.717) is 6.54 Å². The molecule has 0 aromatic carbocycles. The smallest absolute Gasteiger partial charge is 0.215 e. The van der Waals surface area contributed by atoms with Crippen LogP contribution in [-0.4, -0.2) is 37.1 Å². The Morgan fingerprint density at radius 1 is 1.60 bits per heavy atom. The van der Waals surface area contributed by atoms with Gasteiger partial charge in [0.2, 0.25) is 10.0 Å². The van der Waals surface area contributed by atoms with Gasteiger partial charge in [-0.2, -0.15) is 4.31 Å². The Balaban J connectivity index is 2.72. The molecule has 2 N–H and O–H groups in total. The molecule has 0 spiro atoms. The van der Waals surface area contributed by atoms with E-state index in [1.54, 1.807) is 12.6 Å². The Labute approximate surface area is 94.0 Å². The molecule has 0 amide bonds. The molecule has 1 aromatic rings. The molecule has 0 saturated heterocycles. The predicted octanol–water partition coefficient (Wildman–Crippen LogP) is 0.172. The van der Waals surface area contributed by atoms with Crippen LogP contribution in [0.15, 0.2) is 5.51 Å². The summed E-state index contributed by atoms with van der Waals surface area (Å²) in [6.45, 7) is 2.39. The third-order valence-corrected chi connectivity index (χ3v) is 4.81. The van der Waals surface area contributed by atoms with Crippen LogP contribution in [-0.2, 0) is 16.6 Å². The van der Waals surface area contributed by atoms with E-state index in [4.69, 9.17) is 5.73 Å². The van der Waals surface area contributed by atoms with Crippen molar-refractivity contribution >= 4 is 21.4 Å². The first-order valence-corrected chi connectivity index (χ1v) is 6.99. The molecule has 0 aliphatic carbocycles. The minimum Gasteiger partial charge on any atom is -0.329 e. The van der Waals surface area contributed by atoms with Crippen LogP contribution in [0.1, 0.15) is 10.6 Å². The van der Waals surface area contributed by atoms with Crippen LogP contribution in [0.4, 0.5) is 0 Å². The van der Waals surface area contributed by atoms with Crippen LogP contribution in [0.25, 0.3) is 0 Å². The Hall–Kier alpha value is -0.500. The van der Waals surface area contributed by atoms with Crippen LogP contribution in [0.2, 0.25) is 0 Å². The number of thiazole rings is 1. The monoisotopic (exact) mass is 249 g/mol. The van der Waals surface area contributed by atoms with E-state index in [-0.39, 0.29) is 12.3 Å². The second-order valence-corrected chi connectivity index (χ2v) is 6.36. The molecule has 0 atom stereocenters. The highest BCUT2D eigenvalue weighted by molar-refractivity contribution is 7.89. The second-order valence-electron chi connectivity index (χ2n) is 3.22. The highest BCUT2D eigenvalue weighted by Crippen LogP contribution is 2.15. The van der Waals surface area contributed by atoms with Crippen molar-refractivity contribution in [3.05, 3.63) is 16.1 Å². The summed E-state index contributed by atoms with van der Waals surface area (Å²) < 4.78 is 24.5. The van der Waals surface area contributed by atoms with Crippen molar-refractivity contribution in [1.82, 2.24) is 9.29 Å². The molecule has 5 nitrogen and oxygen atoms in total. The van der Waals surface area contributed by atoms with Gasteiger partial charge in [-0.1, -0.05) is 0 Å². The lowest BCUT2D eigenvalue weighted by Gasteiger charge is -2.15. The highest BCUT2D eigenvalue weighted by Gasteiger charge is 2.18. The van der Waals surface area contributed by atoms with Gasteiger partial charge in [-0.3, -0.25) is 0 Å². The molecule has 0 saturated carbocycles. The minimum atomic E-state index is -3.22. The van der Waals surface area contributed by atoms with Crippen LogP contribution in [0.5, 0.6) is 0 Å². The predicted molar refractivity (Wildman–Crippen MR) is 61.2 cm³/mol. The summed E-state index contributed by atoms with van der Waals surface area (Å²) in [6, 6.07) is 0. The molecular weight excluding hydrogens is 234 g/mol. The molecule has 1 rings (SSSR count). The van der Waals surface area contributed by atoms with Gasteiger partial charge in [0.15, 0.2) is 0 Å². The quantitative estimate of drug-likeness (QED) is 0.807. The Morgan fingerprint density at radius 3 is 2.73 bits per heavy atom. The van der Waals surface area contributed by atoms with Crippen molar-refractivity contribution in [2.75, 3.05) is 19.3 Å². The molecule has 0 radical (unpaired) electrons. The minimum absolute atomic E-state index is 0.0125. The molecule has 0 fully saturated rings. The molecule has 0 bridgehead atoms. The van der Waals surface area contributed by atoms with Gasteiger partial charge in [-0.25, -0.2) is 13.4 Å². The number of nitrogens with zero attached hydrogens (tertiary/aromatic N) is 2. The molecule has 15 heavy (non-hydrogen) atoms. The second kappa shape index (κ2) is 5.02. The van der Waals surface area contributed by atoms with Gasteiger partial charge in [-0.05, 0) is 6.92 Å². The number of hydrogen-bond donors (Lipinski definition) is 1. The lowest BCUT2D eigenvalue weighted by atomic mass is 10.4. The molecule has 7 heteroatoms. The maximum atomic E-state index is 11.6. The summed E-state index contributed by atoms with van der Waals surface area (Å²) in [5.74, 6) is -0.0125. The van der Waals surface area contributed by atoms with E-state index in [2.05, 4.69) is 4.98 Å². The van der Waals surface area contributed by atoms with E-state index in [0.717, 1.165) is 10.6 Å². The van der Waals surface area contributed by atoms with E-state index in [1.807, 2.05) is 6.92 Å².